The molecule has 1 saturated heterocycles. The Hall–Kier alpha value is -1.37. The molecule has 1 N–H and O–H groups in total. The van der Waals surface area contributed by atoms with Crippen molar-refractivity contribution in [3.8, 4) is 0 Å². The molecule has 0 aliphatic carbocycles. The van der Waals surface area contributed by atoms with Gasteiger partial charge in [-0.3, -0.25) is 9.69 Å². The van der Waals surface area contributed by atoms with E-state index in [2.05, 4.69) is 32.7 Å². The summed E-state index contributed by atoms with van der Waals surface area (Å²) in [6.45, 7) is 2.87. The summed E-state index contributed by atoms with van der Waals surface area (Å²) in [6, 6.07) is 8.17. The number of amides is 1. The summed E-state index contributed by atoms with van der Waals surface area (Å²) in [6.07, 6.45) is 6.16. The third-order valence-electron chi connectivity index (χ3n) is 4.12. The van der Waals surface area contributed by atoms with Crippen molar-refractivity contribution in [1.82, 2.24) is 15.2 Å². The van der Waals surface area contributed by atoms with E-state index in [1.54, 1.807) is 17.5 Å². The van der Waals surface area contributed by atoms with Gasteiger partial charge in [0.05, 0.1) is 11.6 Å². The van der Waals surface area contributed by atoms with Crippen LogP contribution in [0, 0.1) is 0 Å². The van der Waals surface area contributed by atoms with Gasteiger partial charge in [0.15, 0.2) is 0 Å². The number of carbonyl (C=O) groups excluding carboxylic acids is 1. The fraction of sp³-hybridized carbons (Fsp3) is 0.412. The van der Waals surface area contributed by atoms with Crippen molar-refractivity contribution in [3.63, 3.8) is 0 Å². The summed E-state index contributed by atoms with van der Waals surface area (Å²) in [4.78, 5) is 20.6. The van der Waals surface area contributed by atoms with Crippen LogP contribution in [-0.2, 0) is 0 Å². The first kappa shape index (κ1) is 16.5. The van der Waals surface area contributed by atoms with Crippen LogP contribution in [0.25, 0.3) is 0 Å². The molecule has 1 aliphatic rings. The van der Waals surface area contributed by atoms with Crippen LogP contribution in [0.1, 0.15) is 34.1 Å². The lowest BCUT2D eigenvalue weighted by molar-refractivity contribution is 0.0935. The zero-order valence-electron chi connectivity index (χ0n) is 13.2. The van der Waals surface area contributed by atoms with Crippen molar-refractivity contribution < 1.29 is 4.79 Å². The Kier molecular flexibility index (Phi) is 5.70. The summed E-state index contributed by atoms with van der Waals surface area (Å²) < 4.78 is 0. The predicted molar refractivity (Wildman–Crippen MR) is 96.2 cm³/mol. The first-order valence-electron chi connectivity index (χ1n) is 7.84. The molecule has 6 heteroatoms. The second-order valence-electron chi connectivity index (χ2n) is 5.54. The number of nitrogens with zero attached hydrogens (tertiary/aromatic N) is 2. The standard InChI is InChI=1S/C17H21N3OS2/c1-22-17-13(6-4-8-18-17)16(21)19-12-14(15-7-5-11-23-15)20-9-2-3-10-20/h4-8,11,14H,2-3,9-10,12H2,1H3,(H,19,21). The minimum atomic E-state index is -0.0387. The van der Waals surface area contributed by atoms with Gasteiger partial charge in [0, 0.05) is 17.6 Å². The van der Waals surface area contributed by atoms with Crippen molar-refractivity contribution in [2.75, 3.05) is 25.9 Å². The second-order valence-corrected chi connectivity index (χ2v) is 7.32. The van der Waals surface area contributed by atoms with Gasteiger partial charge in [-0.2, -0.15) is 0 Å². The maximum Gasteiger partial charge on any atom is 0.254 e. The van der Waals surface area contributed by atoms with Crippen molar-refractivity contribution in [2.24, 2.45) is 0 Å². The molecule has 0 aromatic carbocycles. The van der Waals surface area contributed by atoms with Gasteiger partial charge < -0.3 is 5.32 Å². The van der Waals surface area contributed by atoms with Crippen molar-refractivity contribution in [3.05, 3.63) is 46.3 Å². The number of thioether (sulfide) groups is 1. The molecule has 3 heterocycles. The SMILES string of the molecule is CSc1ncccc1C(=O)NCC(c1cccs1)N1CCCC1. The Morgan fingerprint density at radius 1 is 1.39 bits per heavy atom. The Labute approximate surface area is 145 Å². The molecule has 122 valence electrons. The number of carbonyl (C=O) groups is 1. The van der Waals surface area contributed by atoms with Gasteiger partial charge in [0.1, 0.15) is 5.03 Å². The van der Waals surface area contributed by atoms with Crippen molar-refractivity contribution in [1.29, 1.82) is 0 Å². The van der Waals surface area contributed by atoms with E-state index >= 15 is 0 Å². The molecule has 1 fully saturated rings. The summed E-state index contributed by atoms with van der Waals surface area (Å²) in [5.41, 5.74) is 0.659. The molecule has 1 aliphatic heterocycles. The van der Waals surface area contributed by atoms with E-state index in [0.29, 0.717) is 12.1 Å². The maximum absolute atomic E-state index is 12.5. The molecular formula is C17H21N3OS2. The van der Waals surface area contributed by atoms with Gasteiger partial charge in [-0.1, -0.05) is 6.07 Å². The molecule has 23 heavy (non-hydrogen) atoms. The highest BCUT2D eigenvalue weighted by molar-refractivity contribution is 7.98. The maximum atomic E-state index is 12.5. The summed E-state index contributed by atoms with van der Waals surface area (Å²) >= 11 is 3.26. The molecule has 1 atom stereocenters. The molecule has 3 rings (SSSR count). The molecular weight excluding hydrogens is 326 g/mol. The second kappa shape index (κ2) is 7.95. The Morgan fingerprint density at radius 2 is 2.22 bits per heavy atom. The number of likely N-dealkylation sites (tertiary alicyclic amines) is 1. The molecule has 1 amide bonds. The molecule has 0 bridgehead atoms. The molecule has 0 spiro atoms. The zero-order valence-corrected chi connectivity index (χ0v) is 14.8. The minimum Gasteiger partial charge on any atom is -0.350 e. The Balaban J connectivity index is 1.70. The highest BCUT2D eigenvalue weighted by atomic mass is 32.2. The van der Waals surface area contributed by atoms with E-state index in [4.69, 9.17) is 0 Å². The van der Waals surface area contributed by atoms with Crippen LogP contribution in [0.3, 0.4) is 0 Å². The quantitative estimate of drug-likeness (QED) is 0.813. The van der Waals surface area contributed by atoms with E-state index in [1.165, 1.54) is 29.5 Å². The Morgan fingerprint density at radius 3 is 2.91 bits per heavy atom. The fourth-order valence-electron chi connectivity index (χ4n) is 2.95. The van der Waals surface area contributed by atoms with Gasteiger partial charge >= 0.3 is 0 Å². The van der Waals surface area contributed by atoms with Crippen LogP contribution < -0.4 is 5.32 Å². The van der Waals surface area contributed by atoms with Crippen LogP contribution in [-0.4, -0.2) is 41.7 Å². The summed E-state index contributed by atoms with van der Waals surface area (Å²) in [5, 5.41) is 5.99. The number of hydrogen-bond donors (Lipinski definition) is 1. The lowest BCUT2D eigenvalue weighted by Gasteiger charge is -2.27. The zero-order chi connectivity index (χ0) is 16.1. The third-order valence-corrected chi connectivity index (χ3v) is 5.80. The minimum absolute atomic E-state index is 0.0387. The molecule has 4 nitrogen and oxygen atoms in total. The van der Waals surface area contributed by atoms with Gasteiger partial charge in [0.25, 0.3) is 5.91 Å². The number of thiophene rings is 1. The molecule has 2 aromatic heterocycles. The Bertz CT molecular complexity index is 639. The van der Waals surface area contributed by atoms with E-state index in [-0.39, 0.29) is 11.9 Å². The molecule has 1 unspecified atom stereocenters. The smallest absolute Gasteiger partial charge is 0.254 e. The average Bonchev–Trinajstić information content (AvgIpc) is 3.29. The monoisotopic (exact) mass is 347 g/mol. The molecule has 2 aromatic rings. The normalized spacial score (nSPS) is 16.4. The largest absolute Gasteiger partial charge is 0.350 e. The first-order chi connectivity index (χ1) is 11.3. The fourth-order valence-corrected chi connectivity index (χ4v) is 4.36. The highest BCUT2D eigenvalue weighted by Crippen LogP contribution is 2.28. The van der Waals surface area contributed by atoms with Gasteiger partial charge in [-0.15, -0.1) is 23.1 Å². The average molecular weight is 348 g/mol. The molecule has 0 radical (unpaired) electrons. The number of aromatic nitrogens is 1. The van der Waals surface area contributed by atoms with Gasteiger partial charge in [-0.25, -0.2) is 4.98 Å². The number of rotatable bonds is 6. The predicted octanol–water partition coefficient (Wildman–Crippen LogP) is 3.43. The number of pyridine rings is 1. The van der Waals surface area contributed by atoms with E-state index in [0.717, 1.165) is 18.1 Å². The lowest BCUT2D eigenvalue weighted by atomic mass is 10.2. The van der Waals surface area contributed by atoms with E-state index in [1.807, 2.05) is 18.4 Å². The van der Waals surface area contributed by atoms with Crippen molar-refractivity contribution in [2.45, 2.75) is 23.9 Å². The first-order valence-corrected chi connectivity index (χ1v) is 9.94. The van der Waals surface area contributed by atoms with E-state index < -0.39 is 0 Å². The molecule has 0 saturated carbocycles. The van der Waals surface area contributed by atoms with Crippen LogP contribution in [0.4, 0.5) is 0 Å². The van der Waals surface area contributed by atoms with Gasteiger partial charge in [0.2, 0.25) is 0 Å². The van der Waals surface area contributed by atoms with Crippen LogP contribution in [0.5, 0.6) is 0 Å². The number of hydrogen-bond acceptors (Lipinski definition) is 5. The topological polar surface area (TPSA) is 45.2 Å². The number of nitrogens with one attached hydrogen (secondary N) is 1. The third kappa shape index (κ3) is 3.94. The van der Waals surface area contributed by atoms with Gasteiger partial charge in [-0.05, 0) is 55.8 Å². The van der Waals surface area contributed by atoms with Crippen molar-refractivity contribution >= 4 is 29.0 Å². The van der Waals surface area contributed by atoms with Crippen LogP contribution in [0.15, 0.2) is 40.9 Å². The van der Waals surface area contributed by atoms with Crippen LogP contribution >= 0.6 is 23.1 Å². The van der Waals surface area contributed by atoms with Crippen LogP contribution in [0.2, 0.25) is 0 Å². The highest BCUT2D eigenvalue weighted by Gasteiger charge is 2.25. The summed E-state index contributed by atoms with van der Waals surface area (Å²) in [5.74, 6) is -0.0387. The van der Waals surface area contributed by atoms with E-state index in [9.17, 15) is 4.79 Å². The lowest BCUT2D eigenvalue weighted by Crippen LogP contribution is -2.36. The summed E-state index contributed by atoms with van der Waals surface area (Å²) in [7, 11) is 0.